The van der Waals surface area contributed by atoms with Gasteiger partial charge >= 0.3 is 0 Å². The third kappa shape index (κ3) is 2.85. The molecule has 0 spiro atoms. The molecule has 0 bridgehead atoms. The second-order valence-corrected chi connectivity index (χ2v) is 3.29. The fourth-order valence-corrected chi connectivity index (χ4v) is 1.26. The van der Waals surface area contributed by atoms with Crippen molar-refractivity contribution in [3.63, 3.8) is 0 Å². The quantitative estimate of drug-likeness (QED) is 0.309. The van der Waals surface area contributed by atoms with Crippen molar-refractivity contribution >= 4 is 29.0 Å². The summed E-state index contributed by atoms with van der Waals surface area (Å²) in [5.74, 6) is -0.348. The average Bonchev–Trinajstić information content (AvgIpc) is 2.16. The largest absolute Gasteiger partial charge is 0.409 e. The van der Waals surface area contributed by atoms with Crippen molar-refractivity contribution in [1.82, 2.24) is 0 Å². The molecule has 0 aliphatic heterocycles. The van der Waals surface area contributed by atoms with Crippen LogP contribution in [0, 0.1) is 0 Å². The molecule has 0 saturated heterocycles. The van der Waals surface area contributed by atoms with Gasteiger partial charge in [0.25, 0.3) is 0 Å². The monoisotopic (exact) mass is 227 g/mol. The number of nitrogens with one attached hydrogen (secondary N) is 1. The van der Waals surface area contributed by atoms with Crippen LogP contribution in [0.1, 0.15) is 12.5 Å². The first kappa shape index (κ1) is 11.3. The van der Waals surface area contributed by atoms with E-state index in [2.05, 4.69) is 10.5 Å². The Kier molecular flexibility index (Phi) is 3.51. The Morgan fingerprint density at radius 3 is 2.80 bits per heavy atom. The highest BCUT2D eigenvalue weighted by Crippen LogP contribution is 2.20. The zero-order chi connectivity index (χ0) is 11.4. The lowest BCUT2D eigenvalue weighted by molar-refractivity contribution is -0.114. The van der Waals surface area contributed by atoms with E-state index in [1.165, 1.54) is 13.0 Å². The molecule has 4 N–H and O–H groups in total. The third-order valence-corrected chi connectivity index (χ3v) is 1.91. The van der Waals surface area contributed by atoms with Crippen LogP contribution in [0.3, 0.4) is 0 Å². The minimum absolute atomic E-state index is 0.0876. The van der Waals surface area contributed by atoms with Crippen LogP contribution >= 0.6 is 11.6 Å². The predicted octanol–water partition coefficient (Wildman–Crippen LogP) is 1.39. The molecule has 1 rings (SSSR count). The molecule has 1 aromatic rings. The maximum atomic E-state index is 10.9. The van der Waals surface area contributed by atoms with Gasteiger partial charge in [-0.2, -0.15) is 0 Å². The van der Waals surface area contributed by atoms with Gasteiger partial charge in [-0.3, -0.25) is 4.79 Å². The number of oxime groups is 1. The molecule has 0 fully saturated rings. The number of nitrogens with zero attached hydrogens (tertiary/aromatic N) is 1. The molecule has 6 heteroatoms. The lowest BCUT2D eigenvalue weighted by Gasteiger charge is -2.08. The second kappa shape index (κ2) is 4.65. The number of rotatable bonds is 2. The Labute approximate surface area is 91.5 Å². The summed E-state index contributed by atoms with van der Waals surface area (Å²) < 4.78 is 0. The molecule has 0 radical (unpaired) electrons. The smallest absolute Gasteiger partial charge is 0.221 e. The number of nitrogens with two attached hydrogens (primary N) is 1. The summed E-state index contributed by atoms with van der Waals surface area (Å²) in [5.41, 5.74) is 6.25. The van der Waals surface area contributed by atoms with Crippen LogP contribution in [0.15, 0.2) is 23.4 Å². The van der Waals surface area contributed by atoms with E-state index < -0.39 is 0 Å². The first-order valence-electron chi connectivity index (χ1n) is 4.09. The van der Waals surface area contributed by atoms with Crippen LogP contribution in [0.5, 0.6) is 0 Å². The number of benzene rings is 1. The fourth-order valence-electron chi connectivity index (χ4n) is 1.09. The van der Waals surface area contributed by atoms with Crippen LogP contribution in [0.4, 0.5) is 5.69 Å². The van der Waals surface area contributed by atoms with Crippen LogP contribution in [-0.2, 0) is 4.79 Å². The molecule has 1 amide bonds. The number of halogens is 1. The average molecular weight is 228 g/mol. The van der Waals surface area contributed by atoms with E-state index in [9.17, 15) is 4.79 Å². The van der Waals surface area contributed by atoms with Crippen molar-refractivity contribution in [3.8, 4) is 0 Å². The Hall–Kier alpha value is -1.75. The summed E-state index contributed by atoms with van der Waals surface area (Å²) in [6.07, 6.45) is 0. The molecule has 0 heterocycles. The summed E-state index contributed by atoms with van der Waals surface area (Å²) >= 11 is 5.75. The second-order valence-electron chi connectivity index (χ2n) is 2.86. The Morgan fingerprint density at radius 1 is 1.60 bits per heavy atom. The van der Waals surface area contributed by atoms with E-state index in [4.69, 9.17) is 22.5 Å². The topological polar surface area (TPSA) is 87.7 Å². The number of carbonyl (C=O) groups excluding carboxylic acids is 1. The van der Waals surface area contributed by atoms with Crippen molar-refractivity contribution in [3.05, 3.63) is 28.8 Å². The Morgan fingerprint density at radius 2 is 2.27 bits per heavy atom. The lowest BCUT2D eigenvalue weighted by Crippen LogP contribution is -2.17. The van der Waals surface area contributed by atoms with Crippen molar-refractivity contribution < 1.29 is 10.0 Å². The van der Waals surface area contributed by atoms with Gasteiger partial charge in [-0.05, 0) is 18.2 Å². The van der Waals surface area contributed by atoms with Crippen LogP contribution in [0.2, 0.25) is 5.02 Å². The van der Waals surface area contributed by atoms with Crippen LogP contribution in [0.25, 0.3) is 0 Å². The van der Waals surface area contributed by atoms with Crippen molar-refractivity contribution in [2.75, 3.05) is 5.32 Å². The third-order valence-electron chi connectivity index (χ3n) is 1.68. The van der Waals surface area contributed by atoms with E-state index in [0.29, 0.717) is 16.3 Å². The summed E-state index contributed by atoms with van der Waals surface area (Å²) in [4.78, 5) is 10.9. The molecular formula is C9H10ClN3O2. The highest BCUT2D eigenvalue weighted by Gasteiger charge is 2.08. The maximum Gasteiger partial charge on any atom is 0.221 e. The Balaban J connectivity index is 3.20. The van der Waals surface area contributed by atoms with E-state index in [-0.39, 0.29) is 11.7 Å². The summed E-state index contributed by atoms with van der Waals surface area (Å²) in [7, 11) is 0. The molecular weight excluding hydrogens is 218 g/mol. The van der Waals surface area contributed by atoms with Gasteiger partial charge in [0.05, 0.1) is 5.69 Å². The minimum atomic E-state index is -0.260. The fraction of sp³-hybridized carbons (Fsp3) is 0.111. The van der Waals surface area contributed by atoms with Gasteiger partial charge in [0, 0.05) is 17.5 Å². The molecule has 0 aliphatic carbocycles. The van der Waals surface area contributed by atoms with Crippen molar-refractivity contribution in [2.24, 2.45) is 10.9 Å². The first-order chi connectivity index (χ1) is 7.04. The minimum Gasteiger partial charge on any atom is -0.409 e. The lowest BCUT2D eigenvalue weighted by atomic mass is 10.1. The zero-order valence-corrected chi connectivity index (χ0v) is 8.75. The van der Waals surface area contributed by atoms with Gasteiger partial charge in [0.1, 0.15) is 0 Å². The number of anilines is 1. The summed E-state index contributed by atoms with van der Waals surface area (Å²) in [6, 6.07) is 4.67. The standard InChI is InChI=1S/C9H10ClN3O2/c1-5(14)12-8-4-6(10)2-3-7(8)9(11)13-15/h2-4,15H,1H3,(H2,11,13)(H,12,14). The normalized spacial score (nSPS) is 11.2. The van der Waals surface area contributed by atoms with Crippen LogP contribution in [-0.4, -0.2) is 17.0 Å². The molecule has 0 aliphatic rings. The van der Waals surface area contributed by atoms with Gasteiger partial charge in [-0.1, -0.05) is 16.8 Å². The number of hydrogen-bond donors (Lipinski definition) is 3. The maximum absolute atomic E-state index is 10.9. The van der Waals surface area contributed by atoms with Crippen molar-refractivity contribution in [2.45, 2.75) is 6.92 Å². The molecule has 80 valence electrons. The molecule has 0 unspecified atom stereocenters. The highest BCUT2D eigenvalue weighted by atomic mass is 35.5. The Bertz CT molecular complexity index is 418. The van der Waals surface area contributed by atoms with E-state index in [1.54, 1.807) is 12.1 Å². The molecule has 5 nitrogen and oxygen atoms in total. The van der Waals surface area contributed by atoms with E-state index >= 15 is 0 Å². The predicted molar refractivity (Wildman–Crippen MR) is 58.3 cm³/mol. The molecule has 15 heavy (non-hydrogen) atoms. The van der Waals surface area contributed by atoms with E-state index in [1.807, 2.05) is 0 Å². The number of hydrogen-bond acceptors (Lipinski definition) is 3. The SMILES string of the molecule is CC(=O)Nc1cc(Cl)ccc1C(N)=NO. The summed E-state index contributed by atoms with van der Waals surface area (Å²) in [6.45, 7) is 1.36. The van der Waals surface area contributed by atoms with Gasteiger partial charge in [0.2, 0.25) is 5.91 Å². The molecule has 0 atom stereocenters. The first-order valence-corrected chi connectivity index (χ1v) is 4.47. The van der Waals surface area contributed by atoms with Crippen LogP contribution < -0.4 is 11.1 Å². The highest BCUT2D eigenvalue weighted by molar-refractivity contribution is 6.31. The zero-order valence-electron chi connectivity index (χ0n) is 7.99. The molecule has 1 aromatic carbocycles. The van der Waals surface area contributed by atoms with E-state index in [0.717, 1.165) is 0 Å². The summed E-state index contributed by atoms with van der Waals surface area (Å²) in [5, 5.41) is 14.4. The van der Waals surface area contributed by atoms with Gasteiger partial charge < -0.3 is 16.3 Å². The van der Waals surface area contributed by atoms with Crippen molar-refractivity contribution in [1.29, 1.82) is 0 Å². The number of amides is 1. The van der Waals surface area contributed by atoms with Gasteiger partial charge in [-0.25, -0.2) is 0 Å². The van der Waals surface area contributed by atoms with Gasteiger partial charge in [0.15, 0.2) is 5.84 Å². The number of carbonyl (C=O) groups is 1. The number of amidine groups is 1. The molecule has 0 saturated carbocycles. The van der Waals surface area contributed by atoms with Gasteiger partial charge in [-0.15, -0.1) is 0 Å². The molecule has 0 aromatic heterocycles.